The molecule has 0 spiro atoms. The van der Waals surface area contributed by atoms with E-state index in [-0.39, 0.29) is 0 Å². The molecule has 3 rings (SSSR count). The highest BCUT2D eigenvalue weighted by Crippen LogP contribution is 2.30. The fraction of sp³-hybridized carbons (Fsp3) is 0.500. The van der Waals surface area contributed by atoms with Crippen molar-refractivity contribution in [1.29, 1.82) is 0 Å². The molecule has 1 N–H and O–H groups in total. The van der Waals surface area contributed by atoms with Gasteiger partial charge in [-0.3, -0.25) is 0 Å². The number of H-pyrrole nitrogens is 1. The number of likely N-dealkylation sites (N-methyl/N-ethyl adjacent to an activating group) is 1. The summed E-state index contributed by atoms with van der Waals surface area (Å²) in [6.07, 6.45) is 1.78. The van der Waals surface area contributed by atoms with Crippen molar-refractivity contribution in [3.63, 3.8) is 0 Å². The molecule has 6 nitrogen and oxygen atoms in total. The van der Waals surface area contributed by atoms with Crippen LogP contribution in [0.25, 0.3) is 10.8 Å². The number of nitrogens with zero attached hydrogens (tertiary/aromatic N) is 4. The van der Waals surface area contributed by atoms with Gasteiger partial charge in [0.15, 0.2) is 5.13 Å². The maximum absolute atomic E-state index is 5.28. The van der Waals surface area contributed by atoms with Gasteiger partial charge in [0.25, 0.3) is 10.7 Å². The molecule has 0 unspecified atom stereocenters. The van der Waals surface area contributed by atoms with Crippen LogP contribution in [0, 0.1) is 4.84 Å². The summed E-state index contributed by atoms with van der Waals surface area (Å²) in [6.45, 7) is 4.15. The molecule has 0 aliphatic carbocycles. The highest BCUT2D eigenvalue weighted by atomic mass is 32.1. The fourth-order valence-electron chi connectivity index (χ4n) is 1.84. The van der Waals surface area contributed by atoms with Crippen molar-refractivity contribution < 1.29 is 4.42 Å². The van der Waals surface area contributed by atoms with Crippen molar-refractivity contribution in [2.45, 2.75) is 0 Å². The Morgan fingerprint density at radius 3 is 2.83 bits per heavy atom. The van der Waals surface area contributed by atoms with Gasteiger partial charge in [0, 0.05) is 26.2 Å². The zero-order valence-electron chi connectivity index (χ0n) is 9.92. The molecule has 0 atom stereocenters. The summed E-state index contributed by atoms with van der Waals surface area (Å²) in [5, 5.41) is 7.64. The molecule has 1 saturated heterocycles. The highest BCUT2D eigenvalue weighted by molar-refractivity contribution is 7.71. The lowest BCUT2D eigenvalue weighted by Crippen LogP contribution is -2.44. The van der Waals surface area contributed by atoms with E-state index in [1.165, 1.54) is 0 Å². The van der Waals surface area contributed by atoms with E-state index in [0.29, 0.717) is 10.7 Å². The van der Waals surface area contributed by atoms with Crippen LogP contribution >= 0.6 is 23.6 Å². The average Bonchev–Trinajstić information content (AvgIpc) is 2.98. The van der Waals surface area contributed by atoms with Crippen LogP contribution in [-0.2, 0) is 0 Å². The molecule has 0 saturated carbocycles. The van der Waals surface area contributed by atoms with Gasteiger partial charge in [0.05, 0.1) is 6.20 Å². The van der Waals surface area contributed by atoms with Crippen LogP contribution in [0.3, 0.4) is 0 Å². The minimum absolute atomic E-state index is 0.291. The van der Waals surface area contributed by atoms with Gasteiger partial charge >= 0.3 is 0 Å². The van der Waals surface area contributed by atoms with Crippen LogP contribution in [0.4, 0.5) is 5.13 Å². The molecule has 1 aliphatic heterocycles. The van der Waals surface area contributed by atoms with E-state index in [9.17, 15) is 0 Å². The van der Waals surface area contributed by atoms with Gasteiger partial charge < -0.3 is 14.2 Å². The van der Waals surface area contributed by atoms with Crippen LogP contribution in [0.2, 0.25) is 0 Å². The molecule has 0 bridgehead atoms. The first kappa shape index (κ1) is 11.8. The number of hydrogen-bond acceptors (Lipinski definition) is 7. The number of rotatable bonds is 2. The second-order valence-electron chi connectivity index (χ2n) is 4.22. The molecule has 0 aromatic carbocycles. The minimum atomic E-state index is 0.291. The van der Waals surface area contributed by atoms with Crippen molar-refractivity contribution in [3.8, 4) is 10.8 Å². The van der Waals surface area contributed by atoms with E-state index in [4.69, 9.17) is 16.6 Å². The topological polar surface area (TPSA) is 61.2 Å². The van der Waals surface area contributed by atoms with Gasteiger partial charge in [-0.05, 0) is 19.3 Å². The number of nitrogens with one attached hydrogen (secondary N) is 1. The Bertz CT molecular complexity index is 581. The molecule has 1 fully saturated rings. The quantitative estimate of drug-likeness (QED) is 0.845. The van der Waals surface area contributed by atoms with E-state index in [1.54, 1.807) is 17.5 Å². The van der Waals surface area contributed by atoms with E-state index in [1.807, 2.05) is 0 Å². The zero-order chi connectivity index (χ0) is 12.5. The van der Waals surface area contributed by atoms with Crippen LogP contribution in [0.5, 0.6) is 0 Å². The molecule has 2 aromatic rings. The number of anilines is 1. The standard InChI is InChI=1S/C10H13N5OS2/c1-14-2-4-15(5-3-14)9-11-6-7(18-9)8-12-13-10(17)16-8/h6H,2-5H2,1H3,(H,13,17). The van der Waals surface area contributed by atoms with Gasteiger partial charge in [-0.15, -0.1) is 5.10 Å². The molecule has 3 heterocycles. The lowest BCUT2D eigenvalue weighted by Gasteiger charge is -2.31. The Labute approximate surface area is 113 Å². The maximum Gasteiger partial charge on any atom is 0.284 e. The molecule has 8 heteroatoms. The lowest BCUT2D eigenvalue weighted by atomic mass is 10.3. The van der Waals surface area contributed by atoms with Gasteiger partial charge in [0.1, 0.15) is 4.88 Å². The van der Waals surface area contributed by atoms with Crippen LogP contribution in [-0.4, -0.2) is 53.3 Å². The Morgan fingerprint density at radius 2 is 2.17 bits per heavy atom. The van der Waals surface area contributed by atoms with Crippen molar-refractivity contribution in [2.75, 3.05) is 38.1 Å². The van der Waals surface area contributed by atoms with Crippen LogP contribution in [0.15, 0.2) is 10.6 Å². The zero-order valence-corrected chi connectivity index (χ0v) is 11.6. The molecule has 1 aliphatic rings. The predicted molar refractivity (Wildman–Crippen MR) is 72.5 cm³/mol. The number of aromatic nitrogens is 3. The molecule has 2 aromatic heterocycles. The Hall–Kier alpha value is -1.25. The maximum atomic E-state index is 5.28. The number of thiazole rings is 1. The molecule has 18 heavy (non-hydrogen) atoms. The third kappa shape index (κ3) is 2.31. The number of piperazine rings is 1. The summed E-state index contributed by atoms with van der Waals surface area (Å²) in [6, 6.07) is 0. The Morgan fingerprint density at radius 1 is 1.39 bits per heavy atom. The van der Waals surface area contributed by atoms with E-state index in [0.717, 1.165) is 36.2 Å². The summed E-state index contributed by atoms with van der Waals surface area (Å²) >= 11 is 6.44. The Kier molecular flexibility index (Phi) is 3.14. The van der Waals surface area contributed by atoms with Crippen LogP contribution in [0.1, 0.15) is 0 Å². The molecule has 96 valence electrons. The van der Waals surface area contributed by atoms with Gasteiger partial charge in [-0.2, -0.15) is 0 Å². The summed E-state index contributed by atoms with van der Waals surface area (Å²) in [7, 11) is 2.14. The van der Waals surface area contributed by atoms with Crippen molar-refractivity contribution >= 4 is 28.7 Å². The Balaban J connectivity index is 1.79. The second kappa shape index (κ2) is 4.79. The van der Waals surface area contributed by atoms with Crippen molar-refractivity contribution in [2.24, 2.45) is 0 Å². The first-order valence-electron chi connectivity index (χ1n) is 5.67. The van der Waals surface area contributed by atoms with E-state index in [2.05, 4.69) is 32.0 Å². The molecular formula is C10H13N5OS2. The smallest absolute Gasteiger partial charge is 0.284 e. The number of aromatic amines is 1. The van der Waals surface area contributed by atoms with E-state index >= 15 is 0 Å². The minimum Gasteiger partial charge on any atom is -0.408 e. The third-order valence-corrected chi connectivity index (χ3v) is 4.14. The predicted octanol–water partition coefficient (Wildman–Crippen LogP) is 1.61. The average molecular weight is 283 g/mol. The molecule has 0 radical (unpaired) electrons. The second-order valence-corrected chi connectivity index (χ2v) is 5.60. The number of hydrogen-bond donors (Lipinski definition) is 1. The van der Waals surface area contributed by atoms with Gasteiger partial charge in [-0.1, -0.05) is 11.3 Å². The lowest BCUT2D eigenvalue weighted by molar-refractivity contribution is 0.313. The normalized spacial score (nSPS) is 17.3. The van der Waals surface area contributed by atoms with Crippen LogP contribution < -0.4 is 4.90 Å². The largest absolute Gasteiger partial charge is 0.408 e. The summed E-state index contributed by atoms with van der Waals surface area (Å²) in [4.78, 5) is 10.2. The molecular weight excluding hydrogens is 270 g/mol. The first-order chi connectivity index (χ1) is 8.72. The first-order valence-corrected chi connectivity index (χ1v) is 6.90. The molecule has 0 amide bonds. The third-order valence-electron chi connectivity index (χ3n) is 2.92. The van der Waals surface area contributed by atoms with Crippen molar-refractivity contribution in [1.82, 2.24) is 20.1 Å². The van der Waals surface area contributed by atoms with E-state index < -0.39 is 0 Å². The summed E-state index contributed by atoms with van der Waals surface area (Å²) < 4.78 is 5.28. The monoisotopic (exact) mass is 283 g/mol. The van der Waals surface area contributed by atoms with Crippen molar-refractivity contribution in [3.05, 3.63) is 11.0 Å². The SMILES string of the molecule is CN1CCN(c2ncc(-c3n[nH]c(=S)o3)s2)CC1. The summed E-state index contributed by atoms with van der Waals surface area (Å²) in [5.74, 6) is 0.512. The summed E-state index contributed by atoms with van der Waals surface area (Å²) in [5.41, 5.74) is 0. The van der Waals surface area contributed by atoms with Gasteiger partial charge in [-0.25, -0.2) is 10.1 Å². The van der Waals surface area contributed by atoms with Gasteiger partial charge in [0.2, 0.25) is 0 Å². The highest BCUT2D eigenvalue weighted by Gasteiger charge is 2.18. The fourth-order valence-corrected chi connectivity index (χ4v) is 2.86.